The van der Waals surface area contributed by atoms with Crippen molar-refractivity contribution in [1.29, 1.82) is 0 Å². The van der Waals surface area contributed by atoms with Crippen molar-refractivity contribution >= 4 is 10.9 Å². The Balaban J connectivity index is 2.22. The molecule has 2 heteroatoms. The molecular weight excluding hydrogens is 244 g/mol. The van der Waals surface area contributed by atoms with E-state index >= 15 is 0 Å². The van der Waals surface area contributed by atoms with E-state index < -0.39 is 0 Å². The molecule has 3 rings (SSSR count). The van der Waals surface area contributed by atoms with E-state index in [2.05, 4.69) is 49.9 Å². The predicted molar refractivity (Wildman–Crippen MR) is 86.2 cm³/mol. The van der Waals surface area contributed by atoms with Gasteiger partial charge < -0.3 is 10.3 Å². The first-order valence-electron chi connectivity index (χ1n) is 7.87. The van der Waals surface area contributed by atoms with Crippen molar-refractivity contribution in [2.45, 2.75) is 50.9 Å². The molecule has 2 aromatic rings. The summed E-state index contributed by atoms with van der Waals surface area (Å²) < 4.78 is 2.27. The van der Waals surface area contributed by atoms with Crippen molar-refractivity contribution in [3.8, 4) is 0 Å². The molecule has 2 nitrogen and oxygen atoms in total. The fraction of sp³-hybridized carbons (Fsp3) is 0.556. The Morgan fingerprint density at radius 2 is 1.95 bits per heavy atom. The molecule has 1 saturated carbocycles. The molecule has 0 bridgehead atoms. The number of benzene rings is 1. The Kier molecular flexibility index (Phi) is 3.37. The fourth-order valence-corrected chi connectivity index (χ4v) is 3.83. The lowest BCUT2D eigenvalue weighted by Gasteiger charge is -2.27. The molecule has 20 heavy (non-hydrogen) atoms. The van der Waals surface area contributed by atoms with Gasteiger partial charge in [0.15, 0.2) is 0 Å². The third-order valence-electron chi connectivity index (χ3n) is 5.20. The largest absolute Gasteiger partial charge is 0.350 e. The van der Waals surface area contributed by atoms with E-state index in [9.17, 15) is 0 Å². The van der Waals surface area contributed by atoms with Gasteiger partial charge in [0, 0.05) is 36.1 Å². The Morgan fingerprint density at radius 3 is 2.55 bits per heavy atom. The Bertz CT molecular complexity index is 616. The quantitative estimate of drug-likeness (QED) is 0.895. The van der Waals surface area contributed by atoms with Crippen LogP contribution in [0.4, 0.5) is 0 Å². The summed E-state index contributed by atoms with van der Waals surface area (Å²) in [6.45, 7) is 5.30. The van der Waals surface area contributed by atoms with Crippen molar-refractivity contribution in [3.63, 3.8) is 0 Å². The molecule has 0 amide bonds. The van der Waals surface area contributed by atoms with E-state index in [1.165, 1.54) is 47.7 Å². The molecule has 0 saturated heterocycles. The normalized spacial score (nSPS) is 18.2. The number of rotatable bonds is 3. The highest BCUT2D eigenvalue weighted by molar-refractivity contribution is 5.86. The van der Waals surface area contributed by atoms with Crippen LogP contribution in [0.5, 0.6) is 0 Å². The highest BCUT2D eigenvalue weighted by Crippen LogP contribution is 2.44. The highest BCUT2D eigenvalue weighted by atomic mass is 14.9. The molecular formula is C18H26N2. The summed E-state index contributed by atoms with van der Waals surface area (Å²) in [4.78, 5) is 0. The van der Waals surface area contributed by atoms with Crippen LogP contribution in [0.3, 0.4) is 0 Å². The van der Waals surface area contributed by atoms with Crippen molar-refractivity contribution < 1.29 is 0 Å². The van der Waals surface area contributed by atoms with Crippen LogP contribution >= 0.6 is 0 Å². The van der Waals surface area contributed by atoms with Crippen LogP contribution in [0.2, 0.25) is 0 Å². The third kappa shape index (κ3) is 1.98. The summed E-state index contributed by atoms with van der Waals surface area (Å²) in [6, 6.07) is 6.93. The van der Waals surface area contributed by atoms with Crippen molar-refractivity contribution in [1.82, 2.24) is 4.57 Å². The molecule has 1 fully saturated rings. The Morgan fingerprint density at radius 1 is 1.25 bits per heavy atom. The number of nitrogens with zero attached hydrogens (tertiary/aromatic N) is 1. The molecule has 1 aromatic heterocycles. The second kappa shape index (κ2) is 4.92. The van der Waals surface area contributed by atoms with Crippen LogP contribution in [-0.4, -0.2) is 11.1 Å². The maximum Gasteiger partial charge on any atom is 0.0480 e. The minimum Gasteiger partial charge on any atom is -0.350 e. The molecule has 0 radical (unpaired) electrons. The SMILES string of the molecule is CC(C)c1ccc2c(c1)c(C1(CN)CCCC1)cn2C. The number of hydrogen-bond acceptors (Lipinski definition) is 1. The van der Waals surface area contributed by atoms with Crippen molar-refractivity contribution in [2.75, 3.05) is 6.54 Å². The molecule has 1 aliphatic rings. The predicted octanol–water partition coefficient (Wildman–Crippen LogP) is 4.07. The average molecular weight is 270 g/mol. The van der Waals surface area contributed by atoms with E-state index in [0.29, 0.717) is 5.92 Å². The van der Waals surface area contributed by atoms with E-state index in [1.807, 2.05) is 0 Å². The maximum absolute atomic E-state index is 6.19. The lowest BCUT2D eigenvalue weighted by Crippen LogP contribution is -2.31. The number of aryl methyl sites for hydroxylation is 1. The molecule has 108 valence electrons. The van der Waals surface area contributed by atoms with E-state index in [1.54, 1.807) is 0 Å². The highest BCUT2D eigenvalue weighted by Gasteiger charge is 2.36. The van der Waals surface area contributed by atoms with E-state index in [4.69, 9.17) is 5.73 Å². The monoisotopic (exact) mass is 270 g/mol. The smallest absolute Gasteiger partial charge is 0.0480 e. The summed E-state index contributed by atoms with van der Waals surface area (Å²) in [5.74, 6) is 0.574. The first-order valence-corrected chi connectivity index (χ1v) is 7.87. The molecule has 2 N–H and O–H groups in total. The van der Waals surface area contributed by atoms with Crippen LogP contribution in [0, 0.1) is 0 Å². The van der Waals surface area contributed by atoms with Gasteiger partial charge in [-0.3, -0.25) is 0 Å². The van der Waals surface area contributed by atoms with Gasteiger partial charge in [0.2, 0.25) is 0 Å². The van der Waals surface area contributed by atoms with Crippen molar-refractivity contribution in [3.05, 3.63) is 35.5 Å². The zero-order valence-electron chi connectivity index (χ0n) is 12.9. The summed E-state index contributed by atoms with van der Waals surface area (Å²) in [5, 5.41) is 1.42. The third-order valence-corrected chi connectivity index (χ3v) is 5.20. The van der Waals surface area contributed by atoms with Gasteiger partial charge in [-0.05, 0) is 42.0 Å². The van der Waals surface area contributed by atoms with E-state index in [-0.39, 0.29) is 5.41 Å². The van der Waals surface area contributed by atoms with Crippen molar-refractivity contribution in [2.24, 2.45) is 12.8 Å². The average Bonchev–Trinajstić information content (AvgIpc) is 3.04. The lowest BCUT2D eigenvalue weighted by atomic mass is 9.78. The fourth-order valence-electron chi connectivity index (χ4n) is 3.83. The lowest BCUT2D eigenvalue weighted by molar-refractivity contribution is 0.456. The first kappa shape index (κ1) is 13.7. The molecule has 0 spiro atoms. The summed E-state index contributed by atoms with van der Waals surface area (Å²) >= 11 is 0. The van der Waals surface area contributed by atoms with E-state index in [0.717, 1.165) is 6.54 Å². The summed E-state index contributed by atoms with van der Waals surface area (Å²) in [5.41, 5.74) is 10.7. The molecule has 1 aromatic carbocycles. The van der Waals surface area contributed by atoms with Crippen LogP contribution in [0.15, 0.2) is 24.4 Å². The number of aromatic nitrogens is 1. The maximum atomic E-state index is 6.19. The Labute approximate surface area is 122 Å². The van der Waals surface area contributed by atoms with Gasteiger partial charge in [-0.2, -0.15) is 0 Å². The number of fused-ring (bicyclic) bond motifs is 1. The topological polar surface area (TPSA) is 30.9 Å². The minimum atomic E-state index is 0.217. The molecule has 1 heterocycles. The van der Waals surface area contributed by atoms with Crippen LogP contribution in [-0.2, 0) is 12.5 Å². The van der Waals surface area contributed by atoms with Crippen LogP contribution in [0.25, 0.3) is 10.9 Å². The molecule has 0 unspecified atom stereocenters. The zero-order valence-corrected chi connectivity index (χ0v) is 12.9. The van der Waals surface area contributed by atoms with Gasteiger partial charge in [-0.25, -0.2) is 0 Å². The van der Waals surface area contributed by atoms with Gasteiger partial charge in [0.05, 0.1) is 0 Å². The standard InChI is InChI=1S/C18H26N2/c1-13(2)14-6-7-17-15(10-14)16(11-20(17)3)18(12-19)8-4-5-9-18/h6-7,10-11,13H,4-5,8-9,12,19H2,1-3H3. The summed E-state index contributed by atoms with van der Waals surface area (Å²) in [7, 11) is 2.15. The Hall–Kier alpha value is -1.28. The van der Waals surface area contributed by atoms with Crippen LogP contribution in [0.1, 0.15) is 56.6 Å². The number of hydrogen-bond donors (Lipinski definition) is 1. The van der Waals surface area contributed by atoms with Gasteiger partial charge in [0.1, 0.15) is 0 Å². The van der Waals surface area contributed by atoms with Gasteiger partial charge in [-0.1, -0.05) is 32.8 Å². The van der Waals surface area contributed by atoms with Gasteiger partial charge in [0.25, 0.3) is 0 Å². The number of nitrogens with two attached hydrogens (primary N) is 1. The first-order chi connectivity index (χ1) is 9.57. The van der Waals surface area contributed by atoms with Gasteiger partial charge >= 0.3 is 0 Å². The molecule has 0 aliphatic heterocycles. The summed E-state index contributed by atoms with van der Waals surface area (Å²) in [6.07, 6.45) is 7.45. The second-order valence-corrected chi connectivity index (χ2v) is 6.78. The minimum absolute atomic E-state index is 0.217. The van der Waals surface area contributed by atoms with Gasteiger partial charge in [-0.15, -0.1) is 0 Å². The molecule has 0 atom stereocenters. The zero-order chi connectivity index (χ0) is 14.3. The second-order valence-electron chi connectivity index (χ2n) is 6.78. The van der Waals surface area contributed by atoms with Crippen LogP contribution < -0.4 is 5.73 Å². The molecule has 1 aliphatic carbocycles.